The molecule has 4 amide bonds. The first kappa shape index (κ1) is 19.8. The minimum atomic E-state index is -0.973. The number of piperidine rings is 1. The molecule has 30 heavy (non-hydrogen) atoms. The average molecular weight is 406 g/mol. The fourth-order valence-electron chi connectivity index (χ4n) is 4.11. The minimum absolute atomic E-state index is 0.0925. The summed E-state index contributed by atoms with van der Waals surface area (Å²) in [5.74, 6) is -2.01. The van der Waals surface area contributed by atoms with E-state index < -0.39 is 29.7 Å². The van der Waals surface area contributed by atoms with Crippen LogP contribution in [-0.2, 0) is 22.7 Å². The zero-order valence-electron chi connectivity index (χ0n) is 16.6. The number of anilines is 1. The molecule has 8 nitrogen and oxygen atoms in total. The lowest BCUT2D eigenvalue weighted by molar-refractivity contribution is -0.136. The van der Waals surface area contributed by atoms with Gasteiger partial charge in [0.2, 0.25) is 11.8 Å². The lowest BCUT2D eigenvalue weighted by Gasteiger charge is -2.28. The van der Waals surface area contributed by atoms with Gasteiger partial charge in [-0.3, -0.25) is 29.4 Å². The number of hydrogen-bond acceptors (Lipinski definition) is 6. The van der Waals surface area contributed by atoms with E-state index in [1.807, 2.05) is 36.2 Å². The zero-order valence-corrected chi connectivity index (χ0v) is 16.6. The quantitative estimate of drug-likeness (QED) is 0.721. The highest BCUT2D eigenvalue weighted by Gasteiger charge is 2.45. The molecular formula is C22H22N4O4. The van der Waals surface area contributed by atoms with Crippen LogP contribution in [0.15, 0.2) is 42.5 Å². The number of nitrogens with zero attached hydrogens (tertiary/aromatic N) is 2. The van der Waals surface area contributed by atoms with E-state index in [0.717, 1.165) is 16.2 Å². The molecule has 0 radical (unpaired) electrons. The first-order valence-electron chi connectivity index (χ1n) is 9.75. The van der Waals surface area contributed by atoms with Crippen molar-refractivity contribution < 1.29 is 19.2 Å². The first-order valence-corrected chi connectivity index (χ1v) is 9.75. The molecule has 2 aromatic carbocycles. The number of nitrogens with one attached hydrogen (secondary N) is 1. The lowest BCUT2D eigenvalue weighted by atomic mass is 10.0. The molecule has 2 aromatic rings. The van der Waals surface area contributed by atoms with Gasteiger partial charge in [0.25, 0.3) is 11.8 Å². The van der Waals surface area contributed by atoms with Crippen molar-refractivity contribution in [1.29, 1.82) is 0 Å². The van der Waals surface area contributed by atoms with Gasteiger partial charge in [-0.2, -0.15) is 0 Å². The molecule has 1 unspecified atom stereocenters. The van der Waals surface area contributed by atoms with Crippen molar-refractivity contribution in [3.63, 3.8) is 0 Å². The number of carbonyl (C=O) groups is 4. The first-order chi connectivity index (χ1) is 14.4. The van der Waals surface area contributed by atoms with Gasteiger partial charge in [-0.25, -0.2) is 0 Å². The number of para-hydroxylation sites is 1. The monoisotopic (exact) mass is 406 g/mol. The van der Waals surface area contributed by atoms with Crippen LogP contribution in [0.1, 0.15) is 44.7 Å². The van der Waals surface area contributed by atoms with Crippen molar-refractivity contribution in [3.8, 4) is 0 Å². The summed E-state index contributed by atoms with van der Waals surface area (Å²) in [4.78, 5) is 52.8. The second-order valence-electron chi connectivity index (χ2n) is 7.48. The highest BCUT2D eigenvalue weighted by Crippen LogP contribution is 2.31. The van der Waals surface area contributed by atoms with E-state index in [4.69, 9.17) is 5.73 Å². The van der Waals surface area contributed by atoms with E-state index >= 15 is 0 Å². The zero-order chi connectivity index (χ0) is 21.4. The smallest absolute Gasteiger partial charge is 0.262 e. The number of benzene rings is 2. The third kappa shape index (κ3) is 3.25. The second-order valence-corrected chi connectivity index (χ2v) is 7.48. The Morgan fingerprint density at radius 2 is 1.77 bits per heavy atom. The summed E-state index contributed by atoms with van der Waals surface area (Å²) in [6.45, 7) is 0.774. The molecule has 0 aromatic heterocycles. The number of nitrogens with two attached hydrogens (primary N) is 1. The topological polar surface area (TPSA) is 113 Å². The number of carbonyl (C=O) groups excluding carboxylic acids is 4. The second kappa shape index (κ2) is 7.72. The van der Waals surface area contributed by atoms with Gasteiger partial charge in [0, 0.05) is 32.2 Å². The van der Waals surface area contributed by atoms with Crippen LogP contribution in [0.5, 0.6) is 0 Å². The third-order valence-electron chi connectivity index (χ3n) is 5.58. The van der Waals surface area contributed by atoms with Crippen molar-refractivity contribution in [1.82, 2.24) is 10.2 Å². The van der Waals surface area contributed by atoms with Crippen LogP contribution in [0.4, 0.5) is 5.69 Å². The van der Waals surface area contributed by atoms with Crippen LogP contribution >= 0.6 is 0 Å². The molecule has 154 valence electrons. The molecule has 4 rings (SSSR count). The molecule has 1 atom stereocenters. The Bertz CT molecular complexity index is 1060. The Morgan fingerprint density at radius 1 is 1.03 bits per heavy atom. The summed E-state index contributed by atoms with van der Waals surface area (Å²) in [6.07, 6.45) is 0.227. The summed E-state index contributed by atoms with van der Waals surface area (Å²) in [5.41, 5.74) is 9.03. The van der Waals surface area contributed by atoms with Gasteiger partial charge in [-0.05, 0) is 29.7 Å². The van der Waals surface area contributed by atoms with Gasteiger partial charge in [0.1, 0.15) is 6.04 Å². The number of rotatable bonds is 5. The number of fused-ring (bicyclic) bond motifs is 1. The fourth-order valence-corrected chi connectivity index (χ4v) is 4.11. The maximum atomic E-state index is 13.2. The van der Waals surface area contributed by atoms with Gasteiger partial charge in [0.05, 0.1) is 11.1 Å². The predicted molar refractivity (Wildman–Crippen MR) is 110 cm³/mol. The maximum Gasteiger partial charge on any atom is 0.262 e. The van der Waals surface area contributed by atoms with Gasteiger partial charge >= 0.3 is 0 Å². The summed E-state index contributed by atoms with van der Waals surface area (Å²) in [5, 5.41) is 2.21. The number of imide groups is 2. The normalized spacial score (nSPS) is 18.5. The van der Waals surface area contributed by atoms with Gasteiger partial charge < -0.3 is 10.6 Å². The molecule has 2 aliphatic rings. The molecule has 3 N–H and O–H groups in total. The summed E-state index contributed by atoms with van der Waals surface area (Å²) >= 11 is 0. The largest absolute Gasteiger partial charge is 0.370 e. The Labute approximate surface area is 173 Å². The Kier molecular flexibility index (Phi) is 5.09. The van der Waals surface area contributed by atoms with Crippen LogP contribution in [-0.4, -0.2) is 41.6 Å². The average Bonchev–Trinajstić information content (AvgIpc) is 2.99. The molecule has 0 aliphatic carbocycles. The van der Waals surface area contributed by atoms with Crippen molar-refractivity contribution >= 4 is 29.3 Å². The van der Waals surface area contributed by atoms with Crippen LogP contribution < -0.4 is 16.0 Å². The predicted octanol–water partition coefficient (Wildman–Crippen LogP) is 1.18. The Balaban J connectivity index is 1.65. The van der Waals surface area contributed by atoms with Crippen LogP contribution in [0, 0.1) is 0 Å². The highest BCUT2D eigenvalue weighted by atomic mass is 16.2. The van der Waals surface area contributed by atoms with E-state index in [0.29, 0.717) is 24.2 Å². The van der Waals surface area contributed by atoms with E-state index in [-0.39, 0.29) is 18.4 Å². The van der Waals surface area contributed by atoms with Gasteiger partial charge in [-0.15, -0.1) is 0 Å². The molecule has 2 heterocycles. The van der Waals surface area contributed by atoms with Crippen LogP contribution in [0.25, 0.3) is 0 Å². The molecule has 1 fully saturated rings. The summed E-state index contributed by atoms with van der Waals surface area (Å²) < 4.78 is 0. The van der Waals surface area contributed by atoms with E-state index in [2.05, 4.69) is 5.32 Å². The SMILES string of the molecule is CN(Cc1cccc2c1C(=O)N(C1CCC(=O)NC1=O)C2=O)c1ccccc1CN. The number of amides is 4. The fraction of sp³-hybridized carbons (Fsp3) is 0.273. The Hall–Kier alpha value is -3.52. The molecule has 0 spiro atoms. The van der Waals surface area contributed by atoms with E-state index in [1.165, 1.54) is 0 Å². The van der Waals surface area contributed by atoms with E-state index in [1.54, 1.807) is 18.2 Å². The molecule has 1 saturated heterocycles. The van der Waals surface area contributed by atoms with Crippen LogP contribution in [0.3, 0.4) is 0 Å². The van der Waals surface area contributed by atoms with Crippen molar-refractivity contribution in [2.75, 3.05) is 11.9 Å². The van der Waals surface area contributed by atoms with Gasteiger partial charge in [0.15, 0.2) is 0 Å². The summed E-state index contributed by atoms with van der Waals surface area (Å²) in [7, 11) is 1.90. The van der Waals surface area contributed by atoms with Gasteiger partial charge in [-0.1, -0.05) is 30.3 Å². The van der Waals surface area contributed by atoms with E-state index in [9.17, 15) is 19.2 Å². The third-order valence-corrected chi connectivity index (χ3v) is 5.58. The lowest BCUT2D eigenvalue weighted by Crippen LogP contribution is -2.54. The van der Waals surface area contributed by atoms with Crippen molar-refractivity contribution in [2.24, 2.45) is 5.73 Å². The minimum Gasteiger partial charge on any atom is -0.370 e. The molecule has 0 saturated carbocycles. The highest BCUT2D eigenvalue weighted by molar-refractivity contribution is 6.24. The molecule has 0 bridgehead atoms. The standard InChI is InChI=1S/C22H22N4O4/c1-25(16-8-3-2-5-13(16)11-23)12-14-6-4-7-15-19(14)22(30)26(21(15)29)17-9-10-18(27)24-20(17)28/h2-8,17H,9-12,23H2,1H3,(H,24,27,28). The molecule has 2 aliphatic heterocycles. The number of hydrogen-bond donors (Lipinski definition) is 2. The summed E-state index contributed by atoms with van der Waals surface area (Å²) in [6, 6.07) is 11.9. The molecule has 8 heteroatoms. The van der Waals surface area contributed by atoms with Crippen LogP contribution in [0.2, 0.25) is 0 Å². The Morgan fingerprint density at radius 3 is 2.50 bits per heavy atom. The van der Waals surface area contributed by atoms with Crippen molar-refractivity contribution in [2.45, 2.75) is 32.0 Å². The van der Waals surface area contributed by atoms with Crippen molar-refractivity contribution in [3.05, 3.63) is 64.7 Å². The molecular weight excluding hydrogens is 384 g/mol. The maximum absolute atomic E-state index is 13.2.